The zero-order valence-electron chi connectivity index (χ0n) is 14.6. The topological polar surface area (TPSA) is 90.6 Å². The molecule has 1 aliphatic heterocycles. The first-order chi connectivity index (χ1) is 13.4. The van der Waals surface area contributed by atoms with Crippen molar-refractivity contribution in [3.63, 3.8) is 0 Å². The highest BCUT2D eigenvalue weighted by Crippen LogP contribution is 2.28. The number of para-hydroxylation sites is 1. The van der Waals surface area contributed by atoms with Crippen molar-refractivity contribution in [2.24, 2.45) is 0 Å². The molecule has 2 aromatic heterocycles. The molecule has 1 saturated heterocycles. The number of amides is 1. The van der Waals surface area contributed by atoms with Crippen LogP contribution < -0.4 is 5.43 Å². The Bertz CT molecular complexity index is 1210. The number of fused-ring (bicyclic) bond motifs is 1. The van der Waals surface area contributed by atoms with Gasteiger partial charge >= 0.3 is 0 Å². The first kappa shape index (κ1) is 19.1. The summed E-state index contributed by atoms with van der Waals surface area (Å²) in [5.41, 5.74) is 0.386. The summed E-state index contributed by atoms with van der Waals surface area (Å²) in [4.78, 5) is 29.9. The lowest BCUT2D eigenvalue weighted by Crippen LogP contribution is -2.51. The molecule has 1 aromatic carbocycles. The summed E-state index contributed by atoms with van der Waals surface area (Å²) < 4.78 is 27.3. The van der Waals surface area contributed by atoms with Crippen molar-refractivity contribution in [2.75, 3.05) is 26.2 Å². The number of rotatable bonds is 3. The van der Waals surface area contributed by atoms with E-state index in [1.165, 1.54) is 21.5 Å². The quantitative estimate of drug-likeness (QED) is 0.681. The predicted molar refractivity (Wildman–Crippen MR) is 109 cm³/mol. The van der Waals surface area contributed by atoms with Crippen LogP contribution in [0.5, 0.6) is 0 Å². The van der Waals surface area contributed by atoms with Crippen LogP contribution in [0, 0.1) is 0 Å². The largest absolute Gasteiger partial charge is 0.360 e. The van der Waals surface area contributed by atoms with Gasteiger partial charge in [-0.15, -0.1) is 11.3 Å². The maximum Gasteiger partial charge on any atom is 0.259 e. The Morgan fingerprint density at radius 1 is 1.07 bits per heavy atom. The molecule has 3 aromatic rings. The van der Waals surface area contributed by atoms with Gasteiger partial charge in [-0.2, -0.15) is 4.31 Å². The summed E-state index contributed by atoms with van der Waals surface area (Å²) >= 11 is 6.85. The minimum atomic E-state index is -3.63. The monoisotopic (exact) mass is 437 g/mol. The highest BCUT2D eigenvalue weighted by Gasteiger charge is 2.32. The van der Waals surface area contributed by atoms with E-state index in [0.29, 0.717) is 15.2 Å². The maximum atomic E-state index is 12.8. The second kappa shape index (κ2) is 7.32. The van der Waals surface area contributed by atoms with Gasteiger partial charge in [0.05, 0.1) is 4.34 Å². The lowest BCUT2D eigenvalue weighted by atomic mass is 10.1. The van der Waals surface area contributed by atoms with Gasteiger partial charge in [-0.05, 0) is 24.3 Å². The first-order valence-corrected chi connectivity index (χ1v) is 11.2. The van der Waals surface area contributed by atoms with E-state index in [1.807, 2.05) is 0 Å². The Labute approximate surface area is 170 Å². The third kappa shape index (κ3) is 3.35. The van der Waals surface area contributed by atoms with Crippen LogP contribution in [0.25, 0.3) is 10.9 Å². The molecule has 0 atom stereocenters. The highest BCUT2D eigenvalue weighted by atomic mass is 35.5. The predicted octanol–water partition coefficient (Wildman–Crippen LogP) is 2.39. The molecule has 3 heterocycles. The molecule has 0 radical (unpaired) electrons. The molecule has 10 heteroatoms. The number of thiophene rings is 1. The number of H-pyrrole nitrogens is 1. The minimum Gasteiger partial charge on any atom is -0.360 e. The maximum absolute atomic E-state index is 12.8. The number of nitrogens with zero attached hydrogens (tertiary/aromatic N) is 2. The molecular formula is C18H16ClN3O4S2. The van der Waals surface area contributed by atoms with Crippen LogP contribution in [0.15, 0.2) is 51.6 Å². The van der Waals surface area contributed by atoms with E-state index in [2.05, 4.69) is 4.98 Å². The van der Waals surface area contributed by atoms with Gasteiger partial charge in [0.25, 0.3) is 15.9 Å². The highest BCUT2D eigenvalue weighted by molar-refractivity contribution is 7.91. The van der Waals surface area contributed by atoms with Crippen molar-refractivity contribution in [1.82, 2.24) is 14.2 Å². The van der Waals surface area contributed by atoms with Gasteiger partial charge in [0.2, 0.25) is 5.43 Å². The molecule has 7 nitrogen and oxygen atoms in total. The van der Waals surface area contributed by atoms with E-state index >= 15 is 0 Å². The van der Waals surface area contributed by atoms with Crippen LogP contribution >= 0.6 is 22.9 Å². The zero-order chi connectivity index (χ0) is 19.9. The van der Waals surface area contributed by atoms with Crippen LogP contribution in [-0.2, 0) is 10.0 Å². The van der Waals surface area contributed by atoms with Gasteiger partial charge in [0.1, 0.15) is 9.77 Å². The number of halogens is 1. The van der Waals surface area contributed by atoms with E-state index in [-0.39, 0.29) is 41.4 Å². The Balaban J connectivity index is 1.52. The fourth-order valence-electron chi connectivity index (χ4n) is 3.19. The lowest BCUT2D eigenvalue weighted by molar-refractivity contribution is 0.0696. The second-order valence-electron chi connectivity index (χ2n) is 6.33. The van der Waals surface area contributed by atoms with Crippen molar-refractivity contribution in [3.05, 3.63) is 62.7 Å². The number of nitrogens with one attached hydrogen (secondary N) is 1. The van der Waals surface area contributed by atoms with Gasteiger partial charge in [0, 0.05) is 43.3 Å². The fourth-order valence-corrected chi connectivity index (χ4v) is 6.25. The molecule has 28 heavy (non-hydrogen) atoms. The van der Waals surface area contributed by atoms with E-state index in [4.69, 9.17) is 11.6 Å². The number of hydrogen-bond donors (Lipinski definition) is 1. The summed E-state index contributed by atoms with van der Waals surface area (Å²) in [5, 5.41) is 0.448. The summed E-state index contributed by atoms with van der Waals surface area (Å²) in [6.45, 7) is 0.747. The van der Waals surface area contributed by atoms with Crippen molar-refractivity contribution in [2.45, 2.75) is 4.21 Å². The van der Waals surface area contributed by atoms with Gasteiger partial charge in [-0.3, -0.25) is 9.59 Å². The molecule has 1 aliphatic rings. The van der Waals surface area contributed by atoms with Gasteiger partial charge in [0.15, 0.2) is 0 Å². The molecule has 1 amide bonds. The second-order valence-corrected chi connectivity index (χ2v) is 10.2. The number of carbonyl (C=O) groups excluding carboxylic acids is 1. The summed E-state index contributed by atoms with van der Waals surface area (Å²) in [5.74, 6) is -0.400. The molecule has 0 saturated carbocycles. The molecule has 4 rings (SSSR count). The number of aromatic nitrogens is 1. The van der Waals surface area contributed by atoms with E-state index in [9.17, 15) is 18.0 Å². The molecule has 146 valence electrons. The number of carbonyl (C=O) groups is 1. The summed E-state index contributed by atoms with van der Waals surface area (Å²) in [6, 6.07) is 10.0. The molecule has 0 bridgehead atoms. The first-order valence-electron chi connectivity index (χ1n) is 8.53. The van der Waals surface area contributed by atoms with E-state index in [0.717, 1.165) is 11.3 Å². The number of piperazine rings is 1. The van der Waals surface area contributed by atoms with Crippen molar-refractivity contribution < 1.29 is 13.2 Å². The average Bonchev–Trinajstić information content (AvgIpc) is 3.15. The van der Waals surface area contributed by atoms with Gasteiger partial charge in [-0.1, -0.05) is 23.7 Å². The van der Waals surface area contributed by atoms with Crippen molar-refractivity contribution >= 4 is 49.8 Å². The number of sulfonamides is 1. The Hall–Kier alpha value is -2.20. The molecule has 0 unspecified atom stereocenters. The van der Waals surface area contributed by atoms with Crippen molar-refractivity contribution in [3.8, 4) is 0 Å². The molecule has 1 fully saturated rings. The van der Waals surface area contributed by atoms with Crippen LogP contribution in [0.3, 0.4) is 0 Å². The lowest BCUT2D eigenvalue weighted by Gasteiger charge is -2.33. The van der Waals surface area contributed by atoms with Crippen LogP contribution in [0.2, 0.25) is 4.34 Å². The molecule has 0 spiro atoms. The summed E-state index contributed by atoms with van der Waals surface area (Å²) in [6.07, 6.45) is 1.42. The van der Waals surface area contributed by atoms with E-state index in [1.54, 1.807) is 30.3 Å². The number of hydrogen-bond acceptors (Lipinski definition) is 5. The standard InChI is InChI=1S/C18H16ClN3O4S2/c19-15-5-6-16(27-15)28(25,26)22-9-7-21(8-10-22)18(24)13-11-20-14-4-2-1-3-12(14)17(13)23/h1-6,11H,7-10H2,(H,20,23). The van der Waals surface area contributed by atoms with Gasteiger partial charge < -0.3 is 9.88 Å². The molecule has 0 aliphatic carbocycles. The number of aromatic amines is 1. The Morgan fingerprint density at radius 3 is 2.46 bits per heavy atom. The summed E-state index contributed by atoms with van der Waals surface area (Å²) in [7, 11) is -3.63. The average molecular weight is 438 g/mol. The van der Waals surface area contributed by atoms with E-state index < -0.39 is 15.9 Å². The normalized spacial score (nSPS) is 15.8. The number of benzene rings is 1. The van der Waals surface area contributed by atoms with Crippen LogP contribution in [0.1, 0.15) is 10.4 Å². The minimum absolute atomic E-state index is 0.0556. The third-order valence-electron chi connectivity index (χ3n) is 4.69. The Kier molecular flexibility index (Phi) is 5.00. The van der Waals surface area contributed by atoms with Crippen molar-refractivity contribution in [1.29, 1.82) is 0 Å². The van der Waals surface area contributed by atoms with Gasteiger partial charge in [-0.25, -0.2) is 8.42 Å². The third-order valence-corrected chi connectivity index (χ3v) is 8.28. The Morgan fingerprint density at radius 2 is 1.79 bits per heavy atom. The van der Waals surface area contributed by atoms with Crippen LogP contribution in [-0.4, -0.2) is 54.7 Å². The molecule has 1 N–H and O–H groups in total. The zero-order valence-corrected chi connectivity index (χ0v) is 17.0. The smallest absolute Gasteiger partial charge is 0.259 e. The molecular weight excluding hydrogens is 422 g/mol. The number of pyridine rings is 1. The SMILES string of the molecule is O=C(c1c[nH]c2ccccc2c1=O)N1CCN(S(=O)(=O)c2ccc(Cl)s2)CC1. The van der Waals surface area contributed by atoms with Crippen LogP contribution in [0.4, 0.5) is 0 Å². The fraction of sp³-hybridized carbons (Fsp3) is 0.222.